The number of hydrogen-bond donors (Lipinski definition) is 0. The van der Waals surface area contributed by atoms with E-state index in [1.54, 1.807) is 0 Å². The molecule has 2 heteroatoms. The van der Waals surface area contributed by atoms with Gasteiger partial charge in [-0.3, -0.25) is 0 Å². The molecule has 0 fully saturated rings. The van der Waals surface area contributed by atoms with Crippen LogP contribution in [0.4, 0.5) is 0 Å². The molecule has 4 rings (SSSR count). The van der Waals surface area contributed by atoms with E-state index in [2.05, 4.69) is 53.5 Å². The summed E-state index contributed by atoms with van der Waals surface area (Å²) < 4.78 is 0. The summed E-state index contributed by atoms with van der Waals surface area (Å²) in [6.07, 6.45) is 0. The Balaban J connectivity index is 1.79. The van der Waals surface area contributed by atoms with Gasteiger partial charge in [0.15, 0.2) is 5.82 Å². The average Bonchev–Trinajstić information content (AvgIpc) is 2.69. The summed E-state index contributed by atoms with van der Waals surface area (Å²) in [5.74, 6) is 0.765. The summed E-state index contributed by atoms with van der Waals surface area (Å²) in [6.45, 7) is 2.01. The molecule has 0 aliphatic heterocycles. The van der Waals surface area contributed by atoms with Gasteiger partial charge < -0.3 is 0 Å². The lowest BCUT2D eigenvalue weighted by atomic mass is 10.0. The number of hydrogen-bond acceptors (Lipinski definition) is 2. The first-order valence-corrected chi connectivity index (χ1v) is 8.36. The van der Waals surface area contributed by atoms with E-state index in [0.29, 0.717) is 0 Å². The summed E-state index contributed by atoms with van der Waals surface area (Å²) in [4.78, 5) is 9.40. The zero-order valence-corrected chi connectivity index (χ0v) is 14.1. The van der Waals surface area contributed by atoms with Crippen LogP contribution in [0.3, 0.4) is 0 Å². The summed E-state index contributed by atoms with van der Waals surface area (Å²) in [6, 6.07) is 31.0. The fourth-order valence-electron chi connectivity index (χ4n) is 2.92. The maximum absolute atomic E-state index is 4.80. The van der Waals surface area contributed by atoms with Gasteiger partial charge in [-0.1, -0.05) is 78.9 Å². The van der Waals surface area contributed by atoms with E-state index in [1.807, 2.05) is 49.4 Å². The number of aryl methyl sites for hydroxylation is 1. The van der Waals surface area contributed by atoms with E-state index in [0.717, 1.165) is 28.3 Å². The van der Waals surface area contributed by atoms with E-state index in [-0.39, 0.29) is 0 Å². The smallest absolute Gasteiger partial charge is 0.160 e. The standard InChI is InChI=1S/C23H18N2/c1-17-15-22(25-23(24-17)19-11-6-3-7-12-19)21-14-8-13-20(16-21)18-9-4-2-5-10-18/h2-16H,1H3. The third kappa shape index (κ3) is 3.33. The van der Waals surface area contributed by atoms with Crippen LogP contribution in [0, 0.1) is 6.92 Å². The van der Waals surface area contributed by atoms with Gasteiger partial charge in [0.25, 0.3) is 0 Å². The SMILES string of the molecule is Cc1cc(-c2cccc(-c3ccccc3)c2)nc(-c2ccccc2)n1. The summed E-state index contributed by atoms with van der Waals surface area (Å²) >= 11 is 0. The van der Waals surface area contributed by atoms with Gasteiger partial charge in [-0.05, 0) is 30.2 Å². The Hall–Kier alpha value is -3.26. The fraction of sp³-hybridized carbons (Fsp3) is 0.0435. The van der Waals surface area contributed by atoms with Crippen LogP contribution >= 0.6 is 0 Å². The first kappa shape index (κ1) is 15.3. The Morgan fingerprint density at radius 3 is 1.84 bits per heavy atom. The fourth-order valence-corrected chi connectivity index (χ4v) is 2.92. The normalized spacial score (nSPS) is 10.6. The van der Waals surface area contributed by atoms with E-state index < -0.39 is 0 Å². The van der Waals surface area contributed by atoms with Gasteiger partial charge >= 0.3 is 0 Å². The minimum Gasteiger partial charge on any atom is -0.233 e. The first-order chi connectivity index (χ1) is 12.3. The van der Waals surface area contributed by atoms with Crippen LogP contribution in [0.2, 0.25) is 0 Å². The van der Waals surface area contributed by atoms with Crippen molar-refractivity contribution >= 4 is 0 Å². The third-order valence-corrected chi connectivity index (χ3v) is 4.15. The maximum atomic E-state index is 4.80. The molecule has 0 aliphatic carbocycles. The van der Waals surface area contributed by atoms with Crippen LogP contribution in [0.5, 0.6) is 0 Å². The molecule has 0 saturated heterocycles. The number of rotatable bonds is 3. The monoisotopic (exact) mass is 322 g/mol. The third-order valence-electron chi connectivity index (χ3n) is 4.15. The molecule has 0 radical (unpaired) electrons. The molecule has 0 unspecified atom stereocenters. The van der Waals surface area contributed by atoms with E-state index in [9.17, 15) is 0 Å². The minimum absolute atomic E-state index is 0.765. The zero-order valence-electron chi connectivity index (χ0n) is 14.1. The highest BCUT2D eigenvalue weighted by atomic mass is 14.9. The molecule has 25 heavy (non-hydrogen) atoms. The molecule has 0 saturated carbocycles. The lowest BCUT2D eigenvalue weighted by molar-refractivity contribution is 1.12. The van der Waals surface area contributed by atoms with Crippen molar-refractivity contribution in [1.29, 1.82) is 0 Å². The van der Waals surface area contributed by atoms with Crippen molar-refractivity contribution in [2.45, 2.75) is 6.92 Å². The molecular formula is C23H18N2. The number of nitrogens with zero attached hydrogens (tertiary/aromatic N) is 2. The maximum Gasteiger partial charge on any atom is 0.160 e. The lowest BCUT2D eigenvalue weighted by Crippen LogP contribution is -1.95. The zero-order chi connectivity index (χ0) is 17.1. The molecule has 1 heterocycles. The molecule has 1 aromatic heterocycles. The molecule has 0 N–H and O–H groups in total. The van der Waals surface area contributed by atoms with Crippen molar-refractivity contribution in [3.05, 3.63) is 96.7 Å². The van der Waals surface area contributed by atoms with E-state index in [4.69, 9.17) is 4.98 Å². The van der Waals surface area contributed by atoms with Crippen LogP contribution in [0.25, 0.3) is 33.8 Å². The average molecular weight is 322 g/mol. The molecule has 2 nitrogen and oxygen atoms in total. The van der Waals surface area contributed by atoms with Crippen LogP contribution in [0.1, 0.15) is 5.69 Å². The molecule has 0 bridgehead atoms. The van der Waals surface area contributed by atoms with Gasteiger partial charge in [-0.15, -0.1) is 0 Å². The van der Waals surface area contributed by atoms with E-state index in [1.165, 1.54) is 11.1 Å². The molecule has 0 aliphatic rings. The lowest BCUT2D eigenvalue weighted by Gasteiger charge is -2.08. The van der Waals surface area contributed by atoms with Crippen molar-refractivity contribution in [3.63, 3.8) is 0 Å². The highest BCUT2D eigenvalue weighted by molar-refractivity contribution is 5.72. The first-order valence-electron chi connectivity index (χ1n) is 8.36. The second-order valence-electron chi connectivity index (χ2n) is 6.03. The Morgan fingerprint density at radius 2 is 1.12 bits per heavy atom. The van der Waals surface area contributed by atoms with Crippen LogP contribution in [-0.4, -0.2) is 9.97 Å². The predicted octanol–water partition coefficient (Wildman–Crippen LogP) is 5.79. The highest BCUT2D eigenvalue weighted by Gasteiger charge is 2.08. The van der Waals surface area contributed by atoms with Gasteiger partial charge in [0.05, 0.1) is 5.69 Å². The Bertz CT molecular complexity index is 993. The van der Waals surface area contributed by atoms with E-state index >= 15 is 0 Å². The van der Waals surface area contributed by atoms with Crippen molar-refractivity contribution in [2.75, 3.05) is 0 Å². The molecule has 3 aromatic carbocycles. The van der Waals surface area contributed by atoms with Gasteiger partial charge in [-0.2, -0.15) is 0 Å². The van der Waals surface area contributed by atoms with Gasteiger partial charge in [0.2, 0.25) is 0 Å². The van der Waals surface area contributed by atoms with Crippen LogP contribution in [-0.2, 0) is 0 Å². The largest absolute Gasteiger partial charge is 0.233 e. The van der Waals surface area contributed by atoms with Crippen molar-refractivity contribution in [2.24, 2.45) is 0 Å². The minimum atomic E-state index is 0.765. The van der Waals surface area contributed by atoms with Gasteiger partial charge in [0, 0.05) is 16.8 Å². The molecule has 0 atom stereocenters. The van der Waals surface area contributed by atoms with Crippen LogP contribution < -0.4 is 0 Å². The predicted molar refractivity (Wildman–Crippen MR) is 103 cm³/mol. The van der Waals surface area contributed by atoms with Crippen LogP contribution in [0.15, 0.2) is 91.0 Å². The summed E-state index contributed by atoms with van der Waals surface area (Å²) in [5, 5.41) is 0. The molecule has 0 spiro atoms. The molecular weight excluding hydrogens is 304 g/mol. The molecule has 0 amide bonds. The summed E-state index contributed by atoms with van der Waals surface area (Å²) in [7, 11) is 0. The van der Waals surface area contributed by atoms with Crippen molar-refractivity contribution in [3.8, 4) is 33.8 Å². The summed E-state index contributed by atoms with van der Waals surface area (Å²) in [5.41, 5.74) is 6.45. The van der Waals surface area contributed by atoms with Gasteiger partial charge in [-0.25, -0.2) is 9.97 Å². The topological polar surface area (TPSA) is 25.8 Å². The number of benzene rings is 3. The quantitative estimate of drug-likeness (QED) is 0.477. The second kappa shape index (κ2) is 6.70. The molecule has 4 aromatic rings. The highest BCUT2D eigenvalue weighted by Crippen LogP contribution is 2.27. The van der Waals surface area contributed by atoms with Crippen molar-refractivity contribution < 1.29 is 0 Å². The van der Waals surface area contributed by atoms with Gasteiger partial charge in [0.1, 0.15) is 0 Å². The molecule has 120 valence electrons. The Morgan fingerprint density at radius 1 is 0.520 bits per heavy atom. The second-order valence-corrected chi connectivity index (χ2v) is 6.03. The number of aromatic nitrogens is 2. The van der Waals surface area contributed by atoms with Crippen molar-refractivity contribution in [1.82, 2.24) is 9.97 Å². The Labute approximate surface area is 147 Å². The Kier molecular flexibility index (Phi) is 4.09.